The molecular weight excluding hydrogens is 412 g/mol. The second kappa shape index (κ2) is 9.31. The lowest BCUT2D eigenvalue weighted by atomic mass is 10.1. The highest BCUT2D eigenvalue weighted by Gasteiger charge is 2.34. The van der Waals surface area contributed by atoms with Crippen molar-refractivity contribution in [3.8, 4) is 17.0 Å². The van der Waals surface area contributed by atoms with Crippen LogP contribution in [0.5, 0.6) is 5.75 Å². The fourth-order valence-corrected chi connectivity index (χ4v) is 4.39. The molecule has 1 amide bonds. The third kappa shape index (κ3) is 4.61. The number of aryl methyl sites for hydroxylation is 1. The molecule has 1 unspecified atom stereocenters. The molecule has 1 aromatic heterocycles. The lowest BCUT2D eigenvalue weighted by Crippen LogP contribution is -2.48. The number of amides is 1. The maximum absolute atomic E-state index is 12.7. The molecule has 31 heavy (non-hydrogen) atoms. The zero-order chi connectivity index (χ0) is 21.8. The number of hydrogen-bond donors (Lipinski definition) is 0. The summed E-state index contributed by atoms with van der Waals surface area (Å²) in [4.78, 5) is 31.6. The van der Waals surface area contributed by atoms with Gasteiger partial charge in [0.25, 0.3) is 5.91 Å². The number of carbonyl (C=O) groups is 2. The Morgan fingerprint density at radius 2 is 2.06 bits per heavy atom. The molecule has 0 spiro atoms. The molecule has 1 aliphatic rings. The lowest BCUT2D eigenvalue weighted by molar-refractivity contribution is -0.147. The van der Waals surface area contributed by atoms with Gasteiger partial charge in [0.1, 0.15) is 18.4 Å². The second-order valence-electron chi connectivity index (χ2n) is 7.38. The molecule has 2 heterocycles. The van der Waals surface area contributed by atoms with E-state index in [1.807, 2.05) is 53.9 Å². The predicted octanol–water partition coefficient (Wildman–Crippen LogP) is 4.62. The van der Waals surface area contributed by atoms with Crippen LogP contribution in [0.3, 0.4) is 0 Å². The molecule has 0 N–H and O–H groups in total. The maximum Gasteiger partial charge on any atom is 0.329 e. The van der Waals surface area contributed by atoms with Gasteiger partial charge in [-0.1, -0.05) is 37.3 Å². The Balaban J connectivity index is 1.57. The highest BCUT2D eigenvalue weighted by Crippen LogP contribution is 2.37. The van der Waals surface area contributed by atoms with Crippen molar-refractivity contribution in [2.75, 3.05) is 11.5 Å². The molecule has 0 saturated heterocycles. The van der Waals surface area contributed by atoms with Gasteiger partial charge < -0.3 is 9.47 Å². The Morgan fingerprint density at radius 3 is 2.84 bits per heavy atom. The fraction of sp³-hybridized carbons (Fsp3) is 0.292. The smallest absolute Gasteiger partial charge is 0.329 e. The van der Waals surface area contributed by atoms with Gasteiger partial charge in [-0.05, 0) is 43.5 Å². The molecule has 3 aromatic rings. The van der Waals surface area contributed by atoms with Crippen molar-refractivity contribution in [3.05, 3.63) is 64.5 Å². The van der Waals surface area contributed by atoms with Crippen molar-refractivity contribution in [3.63, 3.8) is 0 Å². The van der Waals surface area contributed by atoms with E-state index < -0.39 is 12.0 Å². The summed E-state index contributed by atoms with van der Waals surface area (Å²) < 4.78 is 11.1. The summed E-state index contributed by atoms with van der Waals surface area (Å²) in [6, 6.07) is 14.3. The highest BCUT2D eigenvalue weighted by molar-refractivity contribution is 7.09. The molecule has 160 valence electrons. The van der Waals surface area contributed by atoms with Crippen molar-refractivity contribution in [2.45, 2.75) is 39.3 Å². The van der Waals surface area contributed by atoms with E-state index in [0.717, 1.165) is 34.7 Å². The zero-order valence-electron chi connectivity index (χ0n) is 17.5. The first kappa shape index (κ1) is 21.1. The van der Waals surface area contributed by atoms with Crippen LogP contribution in [0, 0.1) is 0 Å². The average molecular weight is 437 g/mol. The number of hydrogen-bond acceptors (Lipinski definition) is 6. The molecule has 0 aliphatic carbocycles. The third-order valence-corrected chi connectivity index (χ3v) is 6.01. The van der Waals surface area contributed by atoms with E-state index in [1.165, 1.54) is 4.90 Å². The number of aromatic nitrogens is 1. The largest absolute Gasteiger partial charge is 0.482 e. The number of nitrogens with zero attached hydrogens (tertiary/aromatic N) is 2. The van der Waals surface area contributed by atoms with Gasteiger partial charge in [0.05, 0.1) is 16.4 Å². The predicted molar refractivity (Wildman–Crippen MR) is 120 cm³/mol. The average Bonchev–Trinajstić information content (AvgIpc) is 3.26. The summed E-state index contributed by atoms with van der Waals surface area (Å²) >= 11 is 1.63. The van der Waals surface area contributed by atoms with Crippen LogP contribution >= 0.6 is 11.3 Å². The third-order valence-electron chi connectivity index (χ3n) is 5.10. The van der Waals surface area contributed by atoms with Crippen molar-refractivity contribution in [2.24, 2.45) is 0 Å². The van der Waals surface area contributed by atoms with Crippen molar-refractivity contribution < 1.29 is 19.1 Å². The van der Waals surface area contributed by atoms with Crippen molar-refractivity contribution >= 4 is 28.9 Å². The molecule has 1 aliphatic heterocycles. The highest BCUT2D eigenvalue weighted by atomic mass is 32.1. The first-order chi connectivity index (χ1) is 15.1. The maximum atomic E-state index is 12.7. The second-order valence-corrected chi connectivity index (χ2v) is 8.32. The molecular formula is C24H24N2O4S. The minimum atomic E-state index is -0.778. The molecule has 6 nitrogen and oxygen atoms in total. The van der Waals surface area contributed by atoms with E-state index in [4.69, 9.17) is 9.47 Å². The molecule has 1 atom stereocenters. The van der Waals surface area contributed by atoms with Gasteiger partial charge in [0.15, 0.2) is 6.61 Å². The molecule has 0 fully saturated rings. The van der Waals surface area contributed by atoms with Crippen LogP contribution in [0.4, 0.5) is 5.69 Å². The van der Waals surface area contributed by atoms with Crippen molar-refractivity contribution in [1.29, 1.82) is 0 Å². The van der Waals surface area contributed by atoms with Crippen LogP contribution < -0.4 is 9.64 Å². The number of benzene rings is 2. The van der Waals surface area contributed by atoms with Crippen LogP contribution in [0.25, 0.3) is 11.3 Å². The minimum absolute atomic E-state index is 0.111. The van der Waals surface area contributed by atoms with E-state index in [-0.39, 0.29) is 19.1 Å². The van der Waals surface area contributed by atoms with Gasteiger partial charge in [0.2, 0.25) is 0 Å². The summed E-state index contributed by atoms with van der Waals surface area (Å²) in [5.74, 6) is -0.178. The Labute approximate surface area is 185 Å². The first-order valence-electron chi connectivity index (χ1n) is 10.3. The normalized spacial score (nSPS) is 14.0. The molecule has 0 bridgehead atoms. The lowest BCUT2D eigenvalue weighted by Gasteiger charge is -2.33. The summed E-state index contributed by atoms with van der Waals surface area (Å²) in [7, 11) is 0. The number of thiazole rings is 1. The van der Waals surface area contributed by atoms with E-state index in [2.05, 4.69) is 11.9 Å². The number of esters is 1. The quantitative estimate of drug-likeness (QED) is 0.506. The van der Waals surface area contributed by atoms with Crippen LogP contribution in [-0.2, 0) is 27.4 Å². The Morgan fingerprint density at radius 1 is 1.26 bits per heavy atom. The fourth-order valence-electron chi connectivity index (χ4n) is 3.48. The van der Waals surface area contributed by atoms with Crippen molar-refractivity contribution in [1.82, 2.24) is 4.98 Å². The SMILES string of the molecule is CCCc1nc(-c2ccc3c(c2)N(C(C)C(=O)OCc2ccccc2)C(=O)CO3)cs1. The number of ether oxygens (including phenoxy) is 2. The van der Waals surface area contributed by atoms with Crippen LogP contribution in [0.2, 0.25) is 0 Å². The number of rotatable bonds is 7. The topological polar surface area (TPSA) is 68.7 Å². The van der Waals surface area contributed by atoms with Crippen LogP contribution in [-0.4, -0.2) is 29.5 Å². The van der Waals surface area contributed by atoms with E-state index in [1.54, 1.807) is 18.3 Å². The summed E-state index contributed by atoms with van der Waals surface area (Å²) in [5.41, 5.74) is 3.19. The number of anilines is 1. The van der Waals surface area contributed by atoms with Gasteiger partial charge in [0, 0.05) is 10.9 Å². The zero-order valence-corrected chi connectivity index (χ0v) is 18.4. The number of fused-ring (bicyclic) bond motifs is 1. The van der Waals surface area contributed by atoms with Gasteiger partial charge in [-0.25, -0.2) is 9.78 Å². The molecule has 4 rings (SSSR count). The monoisotopic (exact) mass is 436 g/mol. The van der Waals surface area contributed by atoms with Crippen LogP contribution in [0.1, 0.15) is 30.8 Å². The standard InChI is InChI=1S/C24H24N2O4S/c1-3-7-22-25-19(15-31-22)18-10-11-21-20(12-18)26(23(27)14-29-21)16(2)24(28)30-13-17-8-5-4-6-9-17/h4-6,8-12,15-16H,3,7,13-14H2,1-2H3. The summed E-state index contributed by atoms with van der Waals surface area (Å²) in [6.45, 7) is 3.85. The summed E-state index contributed by atoms with van der Waals surface area (Å²) in [5, 5.41) is 3.09. The van der Waals surface area contributed by atoms with Gasteiger partial charge in [-0.2, -0.15) is 0 Å². The molecule has 0 saturated carbocycles. The van der Waals surface area contributed by atoms with E-state index >= 15 is 0 Å². The van der Waals surface area contributed by atoms with Crippen LogP contribution in [0.15, 0.2) is 53.9 Å². The Bertz CT molecular complexity index is 1080. The van der Waals surface area contributed by atoms with E-state index in [0.29, 0.717) is 11.4 Å². The molecule has 2 aromatic carbocycles. The van der Waals surface area contributed by atoms with Gasteiger partial charge in [-0.15, -0.1) is 11.3 Å². The Hall–Kier alpha value is -3.19. The molecule has 0 radical (unpaired) electrons. The van der Waals surface area contributed by atoms with E-state index in [9.17, 15) is 9.59 Å². The minimum Gasteiger partial charge on any atom is -0.482 e. The summed E-state index contributed by atoms with van der Waals surface area (Å²) in [6.07, 6.45) is 1.98. The van der Waals surface area contributed by atoms with Gasteiger partial charge >= 0.3 is 5.97 Å². The molecule has 7 heteroatoms. The Kier molecular flexibility index (Phi) is 6.32. The number of carbonyl (C=O) groups excluding carboxylic acids is 2. The van der Waals surface area contributed by atoms with Gasteiger partial charge in [-0.3, -0.25) is 9.69 Å². The first-order valence-corrected chi connectivity index (χ1v) is 11.2.